The lowest BCUT2D eigenvalue weighted by Gasteiger charge is -2.30. The number of imide groups is 1. The topological polar surface area (TPSA) is 134 Å². The van der Waals surface area contributed by atoms with Gasteiger partial charge >= 0.3 is 5.97 Å². The minimum absolute atomic E-state index is 0.0461. The number of aryl methyl sites for hydroxylation is 3. The van der Waals surface area contributed by atoms with Crippen LogP contribution in [0.15, 0.2) is 24.3 Å². The summed E-state index contributed by atoms with van der Waals surface area (Å²) in [7, 11) is 0. The number of benzene rings is 1. The molecule has 3 amide bonds. The van der Waals surface area contributed by atoms with Crippen LogP contribution in [-0.4, -0.2) is 72.3 Å². The highest BCUT2D eigenvalue weighted by molar-refractivity contribution is 8.01. The van der Waals surface area contributed by atoms with E-state index in [1.807, 2.05) is 13.0 Å². The fourth-order valence-corrected chi connectivity index (χ4v) is 7.43. The van der Waals surface area contributed by atoms with Gasteiger partial charge in [0.25, 0.3) is 0 Å². The Labute approximate surface area is 262 Å². The summed E-state index contributed by atoms with van der Waals surface area (Å²) in [5, 5.41) is 12.6. The Morgan fingerprint density at radius 2 is 1.84 bits per heavy atom. The van der Waals surface area contributed by atoms with E-state index in [1.54, 1.807) is 0 Å². The van der Waals surface area contributed by atoms with Crippen molar-refractivity contribution in [2.75, 3.05) is 18.8 Å². The number of aliphatic carboxylic acids is 1. The van der Waals surface area contributed by atoms with Crippen molar-refractivity contribution in [2.24, 2.45) is 11.8 Å². The van der Waals surface area contributed by atoms with Gasteiger partial charge in [0.15, 0.2) is 0 Å². The smallest absolute Gasteiger partial charge is 0.313 e. The molecule has 0 spiro atoms. The number of imidazole rings is 1. The maximum Gasteiger partial charge on any atom is 0.313 e. The summed E-state index contributed by atoms with van der Waals surface area (Å²) in [4.78, 5) is 60.0. The van der Waals surface area contributed by atoms with Crippen molar-refractivity contribution >= 4 is 57.4 Å². The van der Waals surface area contributed by atoms with Crippen LogP contribution in [-0.2, 0) is 32.1 Å². The number of nitrogens with one attached hydrogen (secondary N) is 1. The van der Waals surface area contributed by atoms with Crippen LogP contribution < -0.4 is 5.32 Å². The third kappa shape index (κ3) is 7.25. The maximum atomic E-state index is 12.9. The van der Waals surface area contributed by atoms with Gasteiger partial charge < -0.3 is 15.0 Å². The Hall–Kier alpha value is -3.47. The number of likely N-dealkylation sites (tertiary alicyclic amines) is 1. The molecule has 44 heavy (non-hydrogen) atoms. The lowest BCUT2D eigenvalue weighted by Crippen LogP contribution is -2.39. The number of nitrogens with zero attached hydrogens (tertiary/aromatic N) is 4. The molecule has 1 unspecified atom stereocenters. The molecule has 2 N–H and O–H groups in total. The molecule has 2 aromatic heterocycles. The van der Waals surface area contributed by atoms with Crippen molar-refractivity contribution in [1.82, 2.24) is 24.8 Å². The van der Waals surface area contributed by atoms with E-state index in [2.05, 4.69) is 35.0 Å². The highest BCUT2D eigenvalue weighted by Crippen LogP contribution is 2.33. The standard InChI is InChI=1S/C33H43N5O5S/c1-3-4-11-27-36-30-21(2)35-25-10-6-5-9-24(25)31(30)37(27)17-8-7-16-34-32(42)23-14-12-22(13-15-23)19-38-28(39)18-26(33(38)43)44-20-29(40)41/h5-6,9-10,22-23,26H,3-4,7-8,11-20H2,1-2H3,(H,34,42)(H,40,41). The number of pyridine rings is 1. The Morgan fingerprint density at radius 3 is 2.59 bits per heavy atom. The van der Waals surface area contributed by atoms with Gasteiger partial charge in [0.2, 0.25) is 17.7 Å². The number of hydrogen-bond donors (Lipinski definition) is 2. The van der Waals surface area contributed by atoms with E-state index in [9.17, 15) is 19.2 Å². The van der Waals surface area contributed by atoms with Crippen molar-refractivity contribution in [1.29, 1.82) is 0 Å². The van der Waals surface area contributed by atoms with E-state index in [1.165, 1.54) is 4.90 Å². The second-order valence-electron chi connectivity index (χ2n) is 12.2. The molecule has 10 nitrogen and oxygen atoms in total. The SMILES string of the molecule is CCCCc1nc2c(C)nc3ccccc3c2n1CCCCNC(=O)C1CCC(CN2C(=O)CC(SCC(=O)O)C2=O)CC1. The number of carbonyl (C=O) groups is 4. The number of rotatable bonds is 14. The first kappa shape index (κ1) is 31.9. The third-order valence-electron chi connectivity index (χ3n) is 8.97. The molecule has 1 aromatic carbocycles. The number of hydrogen-bond acceptors (Lipinski definition) is 7. The van der Waals surface area contributed by atoms with Gasteiger partial charge in [0.1, 0.15) is 11.3 Å². The van der Waals surface area contributed by atoms with Crippen LogP contribution in [0.5, 0.6) is 0 Å². The zero-order valence-electron chi connectivity index (χ0n) is 25.7. The zero-order chi connectivity index (χ0) is 31.2. The number of carboxylic acids is 1. The third-order valence-corrected chi connectivity index (χ3v) is 10.2. The molecule has 236 valence electrons. The van der Waals surface area contributed by atoms with Gasteiger partial charge in [0.05, 0.1) is 27.7 Å². The monoisotopic (exact) mass is 621 g/mol. The minimum atomic E-state index is -0.991. The summed E-state index contributed by atoms with van der Waals surface area (Å²) in [5.74, 6) is -0.349. The van der Waals surface area contributed by atoms with Crippen molar-refractivity contribution in [3.8, 4) is 0 Å². The van der Waals surface area contributed by atoms with E-state index in [4.69, 9.17) is 15.1 Å². The van der Waals surface area contributed by atoms with Crippen molar-refractivity contribution in [2.45, 2.75) is 89.9 Å². The van der Waals surface area contributed by atoms with Crippen molar-refractivity contribution in [3.05, 3.63) is 35.8 Å². The normalized spacial score (nSPS) is 20.6. The molecule has 0 bridgehead atoms. The van der Waals surface area contributed by atoms with Gasteiger partial charge in [-0.05, 0) is 63.9 Å². The summed E-state index contributed by atoms with van der Waals surface area (Å²) in [6.45, 7) is 6.06. The average molecular weight is 622 g/mol. The lowest BCUT2D eigenvalue weighted by molar-refractivity contribution is -0.139. The van der Waals surface area contributed by atoms with Gasteiger partial charge in [-0.15, -0.1) is 11.8 Å². The summed E-state index contributed by atoms with van der Waals surface area (Å²) in [5.41, 5.74) is 4.08. The van der Waals surface area contributed by atoms with E-state index in [-0.39, 0.29) is 41.7 Å². The molecule has 1 saturated carbocycles. The molecule has 11 heteroatoms. The molecule has 2 fully saturated rings. The first-order chi connectivity index (χ1) is 21.3. The Balaban J connectivity index is 1.09. The fourth-order valence-electron chi connectivity index (χ4n) is 6.56. The molecule has 1 aliphatic carbocycles. The quantitative estimate of drug-likeness (QED) is 0.192. The number of carbonyl (C=O) groups excluding carboxylic acids is 3. The predicted molar refractivity (Wildman–Crippen MR) is 171 cm³/mol. The number of unbranched alkanes of at least 4 members (excludes halogenated alkanes) is 2. The number of carboxylic acid groups (broad SMARTS) is 1. The van der Waals surface area contributed by atoms with Crippen LogP contribution in [0.25, 0.3) is 21.9 Å². The summed E-state index contributed by atoms with van der Waals surface area (Å²) >= 11 is 1.02. The Bertz CT molecular complexity index is 1530. The van der Waals surface area contributed by atoms with Gasteiger partial charge in [-0.3, -0.25) is 29.1 Å². The summed E-state index contributed by atoms with van der Waals surface area (Å²) in [6, 6.07) is 8.25. The molecular weight excluding hydrogens is 578 g/mol. The van der Waals surface area contributed by atoms with Crippen molar-refractivity contribution in [3.63, 3.8) is 0 Å². The van der Waals surface area contributed by atoms with Gasteiger partial charge in [0, 0.05) is 43.8 Å². The zero-order valence-corrected chi connectivity index (χ0v) is 26.5. The molecular formula is C33H43N5O5S. The first-order valence-corrected chi connectivity index (χ1v) is 17.0. The number of aromatic nitrogens is 3. The van der Waals surface area contributed by atoms with Crippen LogP contribution in [0.1, 0.15) is 76.2 Å². The molecule has 1 atom stereocenters. The Morgan fingerprint density at radius 1 is 1.07 bits per heavy atom. The van der Waals surface area contributed by atoms with Crippen LogP contribution in [0.4, 0.5) is 0 Å². The summed E-state index contributed by atoms with van der Waals surface area (Å²) < 4.78 is 2.37. The number of para-hydroxylation sites is 1. The number of amides is 3. The van der Waals surface area contributed by atoms with Gasteiger partial charge in [-0.2, -0.15) is 0 Å². The fraction of sp³-hybridized carbons (Fsp3) is 0.576. The molecule has 1 saturated heterocycles. The van der Waals surface area contributed by atoms with Crippen LogP contribution in [0.2, 0.25) is 0 Å². The minimum Gasteiger partial charge on any atom is -0.481 e. The summed E-state index contributed by atoms with van der Waals surface area (Å²) in [6.07, 6.45) is 8.06. The van der Waals surface area contributed by atoms with Crippen molar-refractivity contribution < 1.29 is 24.3 Å². The van der Waals surface area contributed by atoms with Gasteiger partial charge in [-0.1, -0.05) is 31.5 Å². The second-order valence-corrected chi connectivity index (χ2v) is 13.3. The van der Waals surface area contributed by atoms with Crippen LogP contribution in [0.3, 0.4) is 0 Å². The van der Waals surface area contributed by atoms with E-state index >= 15 is 0 Å². The van der Waals surface area contributed by atoms with Crippen LogP contribution >= 0.6 is 11.8 Å². The highest BCUT2D eigenvalue weighted by Gasteiger charge is 2.40. The maximum absolute atomic E-state index is 12.9. The molecule has 3 heterocycles. The van der Waals surface area contributed by atoms with E-state index in [0.29, 0.717) is 13.1 Å². The van der Waals surface area contributed by atoms with E-state index < -0.39 is 11.2 Å². The highest BCUT2D eigenvalue weighted by atomic mass is 32.2. The molecule has 0 radical (unpaired) electrons. The molecule has 2 aliphatic rings. The average Bonchev–Trinajstić information content (AvgIpc) is 3.51. The molecule has 3 aromatic rings. The first-order valence-electron chi connectivity index (χ1n) is 16.0. The number of fused-ring (bicyclic) bond motifs is 3. The van der Waals surface area contributed by atoms with E-state index in [0.717, 1.165) is 110 Å². The second kappa shape index (κ2) is 14.5. The van der Waals surface area contributed by atoms with Gasteiger partial charge in [-0.25, -0.2) is 4.98 Å². The largest absolute Gasteiger partial charge is 0.481 e. The predicted octanol–water partition coefficient (Wildman–Crippen LogP) is 4.88. The molecule has 5 rings (SSSR count). The Kier molecular flexibility index (Phi) is 10.6. The molecule has 1 aliphatic heterocycles. The number of thioether (sulfide) groups is 1. The van der Waals surface area contributed by atoms with Crippen LogP contribution in [0, 0.1) is 18.8 Å². The lowest BCUT2D eigenvalue weighted by atomic mass is 9.81.